The van der Waals surface area contributed by atoms with Crippen LogP contribution < -0.4 is 14.8 Å². The van der Waals surface area contributed by atoms with Gasteiger partial charge in [-0.25, -0.2) is 0 Å². The smallest absolute Gasteiger partial charge is 0.251 e. The normalized spacial score (nSPS) is 22.8. The maximum absolute atomic E-state index is 12.2. The zero-order chi connectivity index (χ0) is 16.4. The average Bonchev–Trinajstić information content (AvgIpc) is 2.98. The monoisotopic (exact) mass is 320 g/mol. The second kappa shape index (κ2) is 6.45. The largest absolute Gasteiger partial charge is 0.454 e. The predicted molar refractivity (Wildman–Crippen MR) is 81.5 cm³/mol. The van der Waals surface area contributed by atoms with Gasteiger partial charge in [0.05, 0.1) is 18.8 Å². The molecular formula is C16H20N2O5. The molecule has 2 heterocycles. The number of carbonyl (C=O) groups is 2. The molecule has 0 bridgehead atoms. The van der Waals surface area contributed by atoms with Gasteiger partial charge in [-0.2, -0.15) is 0 Å². The Kier molecular flexibility index (Phi) is 4.38. The maximum atomic E-state index is 12.2. The highest BCUT2D eigenvalue weighted by atomic mass is 16.7. The first kappa shape index (κ1) is 15.6. The summed E-state index contributed by atoms with van der Waals surface area (Å²) in [5.74, 6) is 0.737. The highest BCUT2D eigenvalue weighted by Gasteiger charge is 2.26. The van der Waals surface area contributed by atoms with E-state index in [9.17, 15) is 9.59 Å². The maximum Gasteiger partial charge on any atom is 0.251 e. The van der Waals surface area contributed by atoms with Gasteiger partial charge in [0.15, 0.2) is 11.5 Å². The number of morpholine rings is 1. The first-order chi connectivity index (χ1) is 11.0. The lowest BCUT2D eigenvalue weighted by Crippen LogP contribution is -2.51. The van der Waals surface area contributed by atoms with E-state index in [1.807, 2.05) is 13.8 Å². The number of amides is 2. The molecule has 7 nitrogen and oxygen atoms in total. The average molecular weight is 320 g/mol. The lowest BCUT2D eigenvalue weighted by Gasteiger charge is -2.35. The lowest BCUT2D eigenvalue weighted by molar-refractivity contribution is -0.142. The van der Waals surface area contributed by atoms with Crippen molar-refractivity contribution in [3.8, 4) is 11.5 Å². The van der Waals surface area contributed by atoms with Gasteiger partial charge in [0.2, 0.25) is 12.7 Å². The standard InChI is InChI=1S/C16H20N2O5/c1-10-7-18(8-11(2)23-10)15(19)6-17-16(20)12-3-4-13-14(5-12)22-9-21-13/h3-5,10-11H,6-9H2,1-2H3,(H,17,20)/t10-,11-/m0/s1. The Morgan fingerprint density at radius 1 is 1.17 bits per heavy atom. The van der Waals surface area contributed by atoms with Crippen LogP contribution in [-0.2, 0) is 9.53 Å². The van der Waals surface area contributed by atoms with Crippen molar-refractivity contribution in [2.75, 3.05) is 26.4 Å². The van der Waals surface area contributed by atoms with E-state index in [4.69, 9.17) is 14.2 Å². The highest BCUT2D eigenvalue weighted by molar-refractivity contribution is 5.97. The van der Waals surface area contributed by atoms with Crippen molar-refractivity contribution in [2.24, 2.45) is 0 Å². The molecule has 0 aromatic heterocycles. The van der Waals surface area contributed by atoms with Gasteiger partial charge >= 0.3 is 0 Å². The van der Waals surface area contributed by atoms with Gasteiger partial charge in [-0.3, -0.25) is 9.59 Å². The van der Waals surface area contributed by atoms with E-state index in [0.717, 1.165) is 0 Å². The number of nitrogens with one attached hydrogen (secondary N) is 1. The lowest BCUT2D eigenvalue weighted by atomic mass is 10.2. The fourth-order valence-corrected chi connectivity index (χ4v) is 2.79. The summed E-state index contributed by atoms with van der Waals surface area (Å²) in [5.41, 5.74) is 0.436. The first-order valence-corrected chi connectivity index (χ1v) is 7.64. The van der Waals surface area contributed by atoms with Crippen LogP contribution in [0.5, 0.6) is 11.5 Å². The summed E-state index contributed by atoms with van der Waals surface area (Å²) in [6.07, 6.45) is 0.0134. The Labute approximate surface area is 134 Å². The zero-order valence-electron chi connectivity index (χ0n) is 13.2. The van der Waals surface area contributed by atoms with E-state index >= 15 is 0 Å². The van der Waals surface area contributed by atoms with E-state index in [-0.39, 0.29) is 37.4 Å². The summed E-state index contributed by atoms with van der Waals surface area (Å²) in [7, 11) is 0. The molecule has 1 N–H and O–H groups in total. The molecule has 1 aromatic carbocycles. The van der Waals surface area contributed by atoms with Crippen molar-refractivity contribution in [1.82, 2.24) is 10.2 Å². The molecule has 0 spiro atoms. The van der Waals surface area contributed by atoms with Gasteiger partial charge in [0.25, 0.3) is 5.91 Å². The van der Waals surface area contributed by atoms with E-state index in [1.165, 1.54) is 0 Å². The molecule has 2 amide bonds. The number of carbonyl (C=O) groups excluding carboxylic acids is 2. The molecule has 23 heavy (non-hydrogen) atoms. The minimum Gasteiger partial charge on any atom is -0.454 e. The SMILES string of the molecule is C[C@H]1CN(C(=O)CNC(=O)c2ccc3c(c2)OCO3)C[C@H](C)O1. The molecule has 124 valence electrons. The topological polar surface area (TPSA) is 77.1 Å². The van der Waals surface area contributed by atoms with Crippen LogP contribution in [0.25, 0.3) is 0 Å². The molecule has 2 aliphatic rings. The van der Waals surface area contributed by atoms with Crippen LogP contribution in [0.3, 0.4) is 0 Å². The number of fused-ring (bicyclic) bond motifs is 1. The Balaban J connectivity index is 1.55. The fraction of sp³-hybridized carbons (Fsp3) is 0.500. The van der Waals surface area contributed by atoms with Crippen molar-refractivity contribution in [3.63, 3.8) is 0 Å². The summed E-state index contributed by atoms with van der Waals surface area (Å²) < 4.78 is 16.0. The Bertz CT molecular complexity index is 608. The second-order valence-electron chi connectivity index (χ2n) is 5.81. The molecule has 1 aromatic rings. The van der Waals surface area contributed by atoms with Crippen molar-refractivity contribution >= 4 is 11.8 Å². The van der Waals surface area contributed by atoms with Crippen molar-refractivity contribution in [1.29, 1.82) is 0 Å². The summed E-state index contributed by atoms with van der Waals surface area (Å²) in [5, 5.41) is 2.65. The van der Waals surface area contributed by atoms with Gasteiger partial charge in [-0.05, 0) is 32.0 Å². The van der Waals surface area contributed by atoms with Crippen molar-refractivity contribution in [3.05, 3.63) is 23.8 Å². The van der Waals surface area contributed by atoms with Crippen LogP contribution in [0, 0.1) is 0 Å². The van der Waals surface area contributed by atoms with E-state index in [1.54, 1.807) is 23.1 Å². The van der Waals surface area contributed by atoms with E-state index in [0.29, 0.717) is 30.2 Å². The number of hydrogen-bond acceptors (Lipinski definition) is 5. The third kappa shape index (κ3) is 3.56. The van der Waals surface area contributed by atoms with Crippen LogP contribution in [0.1, 0.15) is 24.2 Å². The van der Waals surface area contributed by atoms with Gasteiger partial charge in [0, 0.05) is 18.7 Å². The summed E-state index contributed by atoms with van der Waals surface area (Å²) in [6, 6.07) is 4.94. The van der Waals surface area contributed by atoms with Gasteiger partial charge in [-0.15, -0.1) is 0 Å². The summed E-state index contributed by atoms with van der Waals surface area (Å²) in [6.45, 7) is 5.08. The highest BCUT2D eigenvalue weighted by Crippen LogP contribution is 2.32. The Morgan fingerprint density at radius 3 is 2.61 bits per heavy atom. The van der Waals surface area contributed by atoms with E-state index in [2.05, 4.69) is 5.32 Å². The third-order valence-electron chi connectivity index (χ3n) is 3.81. The zero-order valence-corrected chi connectivity index (χ0v) is 13.2. The van der Waals surface area contributed by atoms with Crippen LogP contribution in [0.2, 0.25) is 0 Å². The second-order valence-corrected chi connectivity index (χ2v) is 5.81. The number of benzene rings is 1. The first-order valence-electron chi connectivity index (χ1n) is 7.64. The molecule has 1 fully saturated rings. The molecule has 0 saturated carbocycles. The molecule has 2 aliphatic heterocycles. The number of nitrogens with zero attached hydrogens (tertiary/aromatic N) is 1. The van der Waals surface area contributed by atoms with Crippen LogP contribution in [0.15, 0.2) is 18.2 Å². The van der Waals surface area contributed by atoms with Gasteiger partial charge in [0.1, 0.15) is 0 Å². The van der Waals surface area contributed by atoms with Crippen LogP contribution in [0.4, 0.5) is 0 Å². The summed E-state index contributed by atoms with van der Waals surface area (Å²) in [4.78, 5) is 26.1. The fourth-order valence-electron chi connectivity index (χ4n) is 2.79. The van der Waals surface area contributed by atoms with Crippen molar-refractivity contribution < 1.29 is 23.8 Å². The number of ether oxygens (including phenoxy) is 3. The molecule has 3 rings (SSSR count). The van der Waals surface area contributed by atoms with Crippen LogP contribution in [-0.4, -0.2) is 55.3 Å². The quantitative estimate of drug-likeness (QED) is 0.890. The van der Waals surface area contributed by atoms with E-state index < -0.39 is 0 Å². The molecule has 0 aliphatic carbocycles. The van der Waals surface area contributed by atoms with Crippen molar-refractivity contribution in [2.45, 2.75) is 26.1 Å². The molecular weight excluding hydrogens is 300 g/mol. The molecule has 1 saturated heterocycles. The third-order valence-corrected chi connectivity index (χ3v) is 3.81. The summed E-state index contributed by atoms with van der Waals surface area (Å²) >= 11 is 0. The van der Waals surface area contributed by atoms with Crippen LogP contribution >= 0.6 is 0 Å². The minimum absolute atomic E-state index is 0.00672. The predicted octanol–water partition coefficient (Wildman–Crippen LogP) is 0.781. The Hall–Kier alpha value is -2.28. The number of rotatable bonds is 3. The minimum atomic E-state index is -0.314. The molecule has 7 heteroatoms. The molecule has 0 radical (unpaired) electrons. The van der Waals surface area contributed by atoms with Gasteiger partial charge in [-0.1, -0.05) is 0 Å². The Morgan fingerprint density at radius 2 is 1.87 bits per heavy atom. The molecule has 2 atom stereocenters. The molecule has 0 unspecified atom stereocenters. The van der Waals surface area contributed by atoms with Gasteiger partial charge < -0.3 is 24.4 Å². The number of hydrogen-bond donors (Lipinski definition) is 1.